The number of H-pyrrole nitrogens is 1. The van der Waals surface area contributed by atoms with Gasteiger partial charge in [0.25, 0.3) is 11.8 Å². The summed E-state index contributed by atoms with van der Waals surface area (Å²) >= 11 is 0. The number of amides is 2. The first-order valence-corrected chi connectivity index (χ1v) is 10.00. The Bertz CT molecular complexity index is 1370. The van der Waals surface area contributed by atoms with Gasteiger partial charge < -0.3 is 9.55 Å². The maximum atomic E-state index is 12.9. The van der Waals surface area contributed by atoms with Crippen molar-refractivity contribution in [2.45, 2.75) is 25.8 Å². The van der Waals surface area contributed by atoms with Crippen LogP contribution in [0.3, 0.4) is 0 Å². The van der Waals surface area contributed by atoms with Crippen molar-refractivity contribution in [3.05, 3.63) is 71.5 Å². The van der Waals surface area contributed by atoms with E-state index in [4.69, 9.17) is 0 Å². The number of para-hydroxylation sites is 2. The van der Waals surface area contributed by atoms with E-state index in [2.05, 4.69) is 39.3 Å². The molecule has 0 aliphatic carbocycles. The summed E-state index contributed by atoms with van der Waals surface area (Å²) in [6.07, 6.45) is 7.20. The van der Waals surface area contributed by atoms with Gasteiger partial charge in [0.1, 0.15) is 0 Å². The summed E-state index contributed by atoms with van der Waals surface area (Å²) in [6, 6.07) is 14.1. The van der Waals surface area contributed by atoms with E-state index in [0.29, 0.717) is 11.1 Å². The van der Waals surface area contributed by atoms with Gasteiger partial charge in [-0.1, -0.05) is 36.4 Å². The largest absolute Gasteiger partial charge is 0.361 e. The number of carbonyl (C=O) groups excluding carboxylic acids is 2. The van der Waals surface area contributed by atoms with Gasteiger partial charge in [0.05, 0.1) is 16.7 Å². The van der Waals surface area contributed by atoms with Crippen LogP contribution in [0.5, 0.6) is 0 Å². The molecule has 0 spiro atoms. The fourth-order valence-corrected chi connectivity index (χ4v) is 4.86. The molecule has 4 aromatic rings. The van der Waals surface area contributed by atoms with E-state index in [1.54, 1.807) is 0 Å². The molecule has 6 rings (SSSR count). The lowest BCUT2D eigenvalue weighted by molar-refractivity contribution is -0.122. The van der Waals surface area contributed by atoms with Crippen molar-refractivity contribution in [2.75, 3.05) is 0 Å². The first-order valence-electron chi connectivity index (χ1n) is 10.00. The summed E-state index contributed by atoms with van der Waals surface area (Å²) in [6.45, 7) is 0.929. The third-order valence-corrected chi connectivity index (χ3v) is 6.14. The van der Waals surface area contributed by atoms with Gasteiger partial charge in [-0.15, -0.1) is 0 Å². The summed E-state index contributed by atoms with van der Waals surface area (Å²) in [5.74, 6) is -0.657. The van der Waals surface area contributed by atoms with E-state index in [0.717, 1.165) is 46.8 Å². The number of fused-ring (bicyclic) bond motifs is 1. The van der Waals surface area contributed by atoms with E-state index in [1.807, 2.05) is 30.5 Å². The highest BCUT2D eigenvalue weighted by molar-refractivity contribution is 6.50. The van der Waals surface area contributed by atoms with Crippen LogP contribution in [0.2, 0.25) is 0 Å². The first-order chi connectivity index (χ1) is 14.2. The second-order valence-corrected chi connectivity index (χ2v) is 7.79. The SMILES string of the molecule is O=C1NC(=O)C(c2cn3c4c(cccc24)CCCC3)=C1c1c[nH]c2ccccc12. The van der Waals surface area contributed by atoms with Gasteiger partial charge in [-0.25, -0.2) is 0 Å². The lowest BCUT2D eigenvalue weighted by Gasteiger charge is -2.04. The second kappa shape index (κ2) is 5.95. The van der Waals surface area contributed by atoms with Crippen molar-refractivity contribution < 1.29 is 9.59 Å². The molecule has 2 N–H and O–H groups in total. The standard InChI is InChI=1S/C24H19N3O2/c28-23-20(17-12-25-19-10-2-1-8-15(17)19)21(24(29)26-23)18-13-27-11-4-3-6-14-7-5-9-16(18)22(14)27/h1-2,5,7-10,12-13,25H,3-4,6,11H2,(H,26,28,29). The minimum Gasteiger partial charge on any atom is -0.361 e. The molecule has 2 aromatic heterocycles. The van der Waals surface area contributed by atoms with Crippen LogP contribution in [0.25, 0.3) is 33.0 Å². The number of aromatic nitrogens is 2. The van der Waals surface area contributed by atoms with Crippen LogP contribution in [-0.4, -0.2) is 21.4 Å². The lowest BCUT2D eigenvalue weighted by Crippen LogP contribution is -2.22. The first kappa shape index (κ1) is 16.4. The zero-order valence-corrected chi connectivity index (χ0v) is 15.8. The Morgan fingerprint density at radius 1 is 0.828 bits per heavy atom. The van der Waals surface area contributed by atoms with Crippen molar-refractivity contribution >= 4 is 44.8 Å². The van der Waals surface area contributed by atoms with Crippen molar-refractivity contribution in [3.63, 3.8) is 0 Å². The summed E-state index contributed by atoms with van der Waals surface area (Å²) < 4.78 is 2.25. The molecule has 0 radical (unpaired) electrons. The Morgan fingerprint density at radius 2 is 1.62 bits per heavy atom. The number of rotatable bonds is 2. The van der Waals surface area contributed by atoms with Crippen LogP contribution in [0.4, 0.5) is 0 Å². The highest BCUT2D eigenvalue weighted by Gasteiger charge is 2.35. The van der Waals surface area contributed by atoms with Crippen molar-refractivity contribution in [1.82, 2.24) is 14.9 Å². The Hall–Kier alpha value is -3.60. The minimum absolute atomic E-state index is 0.322. The van der Waals surface area contributed by atoms with Crippen LogP contribution in [-0.2, 0) is 22.6 Å². The van der Waals surface area contributed by atoms with Gasteiger partial charge in [0.2, 0.25) is 0 Å². The molecule has 2 amide bonds. The smallest absolute Gasteiger partial charge is 0.259 e. The minimum atomic E-state index is -0.334. The fraction of sp³-hybridized carbons (Fsp3) is 0.167. The summed E-state index contributed by atoms with van der Waals surface area (Å²) in [5.41, 5.74) is 5.98. The van der Waals surface area contributed by atoms with E-state index in [1.165, 1.54) is 17.5 Å². The molecule has 0 unspecified atom stereocenters. The van der Waals surface area contributed by atoms with Crippen LogP contribution < -0.4 is 5.32 Å². The summed E-state index contributed by atoms with van der Waals surface area (Å²) in [5, 5.41) is 4.51. The summed E-state index contributed by atoms with van der Waals surface area (Å²) in [4.78, 5) is 29.0. The highest BCUT2D eigenvalue weighted by atomic mass is 16.2. The predicted molar refractivity (Wildman–Crippen MR) is 113 cm³/mol. The van der Waals surface area contributed by atoms with Gasteiger partial charge in [-0.2, -0.15) is 0 Å². The zero-order chi connectivity index (χ0) is 19.5. The summed E-state index contributed by atoms with van der Waals surface area (Å²) in [7, 11) is 0. The van der Waals surface area contributed by atoms with Crippen LogP contribution >= 0.6 is 0 Å². The molecular weight excluding hydrogens is 362 g/mol. The van der Waals surface area contributed by atoms with E-state index < -0.39 is 0 Å². The number of hydrogen-bond donors (Lipinski definition) is 2. The quantitative estimate of drug-likeness (QED) is 0.515. The Balaban J connectivity index is 1.68. The number of nitrogens with one attached hydrogen (secondary N) is 2. The third kappa shape index (κ3) is 2.27. The van der Waals surface area contributed by atoms with Crippen LogP contribution in [0.1, 0.15) is 29.5 Å². The second-order valence-electron chi connectivity index (χ2n) is 7.79. The molecule has 5 nitrogen and oxygen atoms in total. The van der Waals surface area contributed by atoms with E-state index >= 15 is 0 Å². The van der Waals surface area contributed by atoms with Gasteiger partial charge >= 0.3 is 0 Å². The molecule has 2 aromatic carbocycles. The fourth-order valence-electron chi connectivity index (χ4n) is 4.86. The van der Waals surface area contributed by atoms with Crippen LogP contribution in [0.15, 0.2) is 54.9 Å². The van der Waals surface area contributed by atoms with Gasteiger partial charge in [0, 0.05) is 46.4 Å². The number of aryl methyl sites for hydroxylation is 2. The molecule has 2 aliphatic rings. The van der Waals surface area contributed by atoms with E-state index in [9.17, 15) is 9.59 Å². The Kier molecular flexibility index (Phi) is 3.36. The number of carbonyl (C=O) groups is 2. The topological polar surface area (TPSA) is 66.9 Å². The Morgan fingerprint density at radius 3 is 2.52 bits per heavy atom. The molecule has 0 atom stereocenters. The molecule has 0 saturated carbocycles. The van der Waals surface area contributed by atoms with Crippen molar-refractivity contribution in [3.8, 4) is 0 Å². The average Bonchev–Trinajstić information content (AvgIpc) is 3.33. The maximum absolute atomic E-state index is 12.9. The van der Waals surface area contributed by atoms with Gasteiger partial charge in [-0.05, 0) is 30.9 Å². The molecule has 0 bridgehead atoms. The Labute approximate surface area is 167 Å². The van der Waals surface area contributed by atoms with Crippen molar-refractivity contribution in [2.24, 2.45) is 0 Å². The maximum Gasteiger partial charge on any atom is 0.259 e. The molecule has 142 valence electrons. The molecule has 5 heteroatoms. The third-order valence-electron chi connectivity index (χ3n) is 6.14. The molecule has 4 heterocycles. The van der Waals surface area contributed by atoms with Crippen LogP contribution in [0, 0.1) is 0 Å². The zero-order valence-electron chi connectivity index (χ0n) is 15.8. The molecule has 2 aliphatic heterocycles. The van der Waals surface area contributed by atoms with E-state index in [-0.39, 0.29) is 11.8 Å². The molecule has 0 saturated heterocycles. The van der Waals surface area contributed by atoms with Gasteiger partial charge in [-0.3, -0.25) is 14.9 Å². The number of imide groups is 1. The highest BCUT2D eigenvalue weighted by Crippen LogP contribution is 2.39. The van der Waals surface area contributed by atoms with Crippen molar-refractivity contribution in [1.29, 1.82) is 0 Å². The normalized spacial score (nSPS) is 16.7. The molecule has 0 fully saturated rings. The lowest BCUT2D eigenvalue weighted by atomic mass is 9.95. The number of hydrogen-bond acceptors (Lipinski definition) is 2. The monoisotopic (exact) mass is 381 g/mol. The predicted octanol–water partition coefficient (Wildman–Crippen LogP) is 4.03. The molecule has 29 heavy (non-hydrogen) atoms. The number of nitrogens with zero attached hydrogens (tertiary/aromatic N) is 1. The molecular formula is C24H19N3O2. The average molecular weight is 381 g/mol. The number of benzene rings is 2. The number of aromatic amines is 1. The van der Waals surface area contributed by atoms with Gasteiger partial charge in [0.15, 0.2) is 0 Å².